The minimum atomic E-state index is -3.78. The highest BCUT2D eigenvalue weighted by molar-refractivity contribution is 7.92. The predicted molar refractivity (Wildman–Crippen MR) is 105 cm³/mol. The normalized spacial score (nSPS) is 14.7. The number of carbonyl (C=O) groups excluding carboxylic acids is 1. The van der Waals surface area contributed by atoms with Crippen molar-refractivity contribution in [3.05, 3.63) is 53.6 Å². The maximum atomic E-state index is 12.7. The van der Waals surface area contributed by atoms with Crippen LogP contribution >= 0.6 is 0 Å². The first-order valence-corrected chi connectivity index (χ1v) is 10.5. The Morgan fingerprint density at radius 1 is 1.04 bits per heavy atom. The number of methoxy groups -OCH3 is 1. The first-order valence-electron chi connectivity index (χ1n) is 8.97. The van der Waals surface area contributed by atoms with E-state index in [9.17, 15) is 13.2 Å². The Morgan fingerprint density at radius 3 is 2.33 bits per heavy atom. The fourth-order valence-electron chi connectivity index (χ4n) is 3.16. The molecule has 0 aliphatic carbocycles. The van der Waals surface area contributed by atoms with E-state index < -0.39 is 10.0 Å². The van der Waals surface area contributed by atoms with Crippen LogP contribution in [-0.2, 0) is 10.0 Å². The molecule has 0 spiro atoms. The lowest BCUT2D eigenvalue weighted by Gasteiger charge is -2.26. The molecule has 1 aliphatic rings. The van der Waals surface area contributed by atoms with Crippen LogP contribution in [0.4, 0.5) is 5.69 Å². The number of piperidine rings is 1. The first-order chi connectivity index (χ1) is 12.9. The molecule has 0 atom stereocenters. The van der Waals surface area contributed by atoms with E-state index in [1.165, 1.54) is 19.2 Å². The number of nitrogens with one attached hydrogen (secondary N) is 1. The molecule has 27 heavy (non-hydrogen) atoms. The van der Waals surface area contributed by atoms with Gasteiger partial charge in [-0.2, -0.15) is 0 Å². The minimum Gasteiger partial charge on any atom is -0.495 e. The van der Waals surface area contributed by atoms with Crippen LogP contribution in [0.5, 0.6) is 5.75 Å². The van der Waals surface area contributed by atoms with Gasteiger partial charge in [0.05, 0.1) is 17.7 Å². The van der Waals surface area contributed by atoms with Crippen LogP contribution in [0.15, 0.2) is 47.4 Å². The van der Waals surface area contributed by atoms with Crippen LogP contribution in [0.3, 0.4) is 0 Å². The Hall–Kier alpha value is -2.54. The summed E-state index contributed by atoms with van der Waals surface area (Å²) in [5, 5.41) is 0. The SMILES string of the molecule is COc1ccc(C)cc1NS(=O)(=O)c1ccc(C(=O)N2CCCCC2)cc1. The van der Waals surface area contributed by atoms with Crippen LogP contribution in [0.25, 0.3) is 0 Å². The van der Waals surface area contributed by atoms with Crippen molar-refractivity contribution >= 4 is 21.6 Å². The number of aryl methyl sites for hydroxylation is 1. The number of rotatable bonds is 5. The average molecular weight is 388 g/mol. The van der Waals surface area contributed by atoms with Crippen LogP contribution in [-0.4, -0.2) is 39.4 Å². The highest BCUT2D eigenvalue weighted by Gasteiger charge is 2.20. The largest absolute Gasteiger partial charge is 0.495 e. The Kier molecular flexibility index (Phi) is 5.70. The molecule has 6 nitrogen and oxygen atoms in total. The minimum absolute atomic E-state index is 0.0491. The van der Waals surface area contributed by atoms with Crippen molar-refractivity contribution in [2.24, 2.45) is 0 Å². The zero-order valence-corrected chi connectivity index (χ0v) is 16.4. The second-order valence-corrected chi connectivity index (χ2v) is 8.37. The van der Waals surface area contributed by atoms with Crippen molar-refractivity contribution in [3.8, 4) is 5.75 Å². The number of ether oxygens (including phenoxy) is 1. The Bertz CT molecular complexity index is 917. The van der Waals surface area contributed by atoms with E-state index in [2.05, 4.69) is 4.72 Å². The van der Waals surface area contributed by atoms with E-state index in [-0.39, 0.29) is 10.8 Å². The van der Waals surface area contributed by atoms with E-state index in [1.54, 1.807) is 24.3 Å². The van der Waals surface area contributed by atoms with Crippen LogP contribution in [0, 0.1) is 6.92 Å². The van der Waals surface area contributed by atoms with Crippen molar-refractivity contribution < 1.29 is 17.9 Å². The molecule has 1 heterocycles. The van der Waals surface area contributed by atoms with Gasteiger partial charge in [-0.15, -0.1) is 0 Å². The van der Waals surface area contributed by atoms with Gasteiger partial charge in [0.2, 0.25) is 0 Å². The molecule has 0 unspecified atom stereocenters. The molecule has 2 aromatic carbocycles. The molecule has 2 aromatic rings. The molecular formula is C20H24N2O4S. The molecule has 7 heteroatoms. The third-order valence-electron chi connectivity index (χ3n) is 4.65. The van der Waals surface area contributed by atoms with E-state index in [4.69, 9.17) is 4.74 Å². The molecule has 0 bridgehead atoms. The van der Waals surface area contributed by atoms with E-state index in [0.717, 1.165) is 37.9 Å². The topological polar surface area (TPSA) is 75.7 Å². The summed E-state index contributed by atoms with van der Waals surface area (Å²) < 4.78 is 33.2. The molecule has 1 amide bonds. The van der Waals surface area contributed by atoms with Crippen LogP contribution in [0.1, 0.15) is 35.2 Å². The van der Waals surface area contributed by atoms with Crippen molar-refractivity contribution in [3.63, 3.8) is 0 Å². The summed E-state index contributed by atoms with van der Waals surface area (Å²) in [5.74, 6) is 0.396. The maximum absolute atomic E-state index is 12.7. The second kappa shape index (κ2) is 8.00. The summed E-state index contributed by atoms with van der Waals surface area (Å²) in [4.78, 5) is 14.4. The van der Waals surface area contributed by atoms with Gasteiger partial charge in [-0.1, -0.05) is 6.07 Å². The molecule has 144 valence electrons. The van der Waals surface area contributed by atoms with Gasteiger partial charge in [-0.05, 0) is 68.1 Å². The monoisotopic (exact) mass is 388 g/mol. The number of carbonyl (C=O) groups is 1. The Balaban J connectivity index is 1.79. The van der Waals surface area contributed by atoms with Crippen molar-refractivity contribution in [1.29, 1.82) is 0 Å². The molecule has 3 rings (SSSR count). The summed E-state index contributed by atoms with van der Waals surface area (Å²) in [6.45, 7) is 3.39. The summed E-state index contributed by atoms with van der Waals surface area (Å²) in [7, 11) is -2.30. The molecule has 1 aliphatic heterocycles. The zero-order valence-electron chi connectivity index (χ0n) is 15.6. The quantitative estimate of drug-likeness (QED) is 0.851. The molecule has 1 saturated heterocycles. The summed E-state index contributed by atoms with van der Waals surface area (Å²) in [6.07, 6.45) is 3.18. The molecule has 1 N–H and O–H groups in total. The first kappa shape index (κ1) is 19.2. The van der Waals surface area contributed by atoms with Gasteiger partial charge >= 0.3 is 0 Å². The average Bonchev–Trinajstić information content (AvgIpc) is 2.68. The molecule has 0 saturated carbocycles. The fourth-order valence-corrected chi connectivity index (χ4v) is 4.22. The predicted octanol–water partition coefficient (Wildman–Crippen LogP) is 3.43. The number of hydrogen-bond donors (Lipinski definition) is 1. The summed E-state index contributed by atoms with van der Waals surface area (Å²) in [5.41, 5.74) is 1.80. The van der Waals surface area contributed by atoms with Gasteiger partial charge in [0, 0.05) is 18.7 Å². The lowest BCUT2D eigenvalue weighted by molar-refractivity contribution is 0.0724. The Labute approximate surface area is 160 Å². The molecular weight excluding hydrogens is 364 g/mol. The fraction of sp³-hybridized carbons (Fsp3) is 0.350. The van der Waals surface area contributed by atoms with Gasteiger partial charge in [-0.25, -0.2) is 8.42 Å². The smallest absolute Gasteiger partial charge is 0.262 e. The Morgan fingerprint density at radius 2 is 1.70 bits per heavy atom. The van der Waals surface area contributed by atoms with Gasteiger partial charge in [0.25, 0.3) is 15.9 Å². The lowest BCUT2D eigenvalue weighted by Crippen LogP contribution is -2.35. The van der Waals surface area contributed by atoms with Gasteiger partial charge in [-0.3, -0.25) is 9.52 Å². The van der Waals surface area contributed by atoms with Crippen LogP contribution < -0.4 is 9.46 Å². The molecule has 1 fully saturated rings. The van der Waals surface area contributed by atoms with Gasteiger partial charge in [0.1, 0.15) is 5.75 Å². The van der Waals surface area contributed by atoms with E-state index in [1.807, 2.05) is 17.9 Å². The highest BCUT2D eigenvalue weighted by atomic mass is 32.2. The van der Waals surface area contributed by atoms with Crippen molar-refractivity contribution in [1.82, 2.24) is 4.90 Å². The summed E-state index contributed by atoms with van der Waals surface area (Å²) >= 11 is 0. The molecule has 0 aromatic heterocycles. The number of likely N-dealkylation sites (tertiary alicyclic amines) is 1. The second-order valence-electron chi connectivity index (χ2n) is 6.69. The van der Waals surface area contributed by atoms with Gasteiger partial charge in [0.15, 0.2) is 0 Å². The number of nitrogens with zero attached hydrogens (tertiary/aromatic N) is 1. The third-order valence-corrected chi connectivity index (χ3v) is 6.04. The van der Waals surface area contributed by atoms with Gasteiger partial charge < -0.3 is 9.64 Å². The van der Waals surface area contributed by atoms with E-state index >= 15 is 0 Å². The number of hydrogen-bond acceptors (Lipinski definition) is 4. The standard InChI is InChI=1S/C20H24N2O4S/c1-15-6-11-19(26-2)18(14-15)21-27(24,25)17-9-7-16(8-10-17)20(23)22-12-4-3-5-13-22/h6-11,14,21H,3-5,12-13H2,1-2H3. The van der Waals surface area contributed by atoms with Crippen molar-refractivity contribution in [2.45, 2.75) is 31.1 Å². The third kappa shape index (κ3) is 4.42. The number of benzene rings is 2. The van der Waals surface area contributed by atoms with Crippen molar-refractivity contribution in [2.75, 3.05) is 24.9 Å². The number of anilines is 1. The summed E-state index contributed by atoms with van der Waals surface area (Å²) in [6, 6.07) is 11.3. The van der Waals surface area contributed by atoms with E-state index in [0.29, 0.717) is 17.0 Å². The lowest BCUT2D eigenvalue weighted by atomic mass is 10.1. The highest BCUT2D eigenvalue weighted by Crippen LogP contribution is 2.28. The maximum Gasteiger partial charge on any atom is 0.262 e. The molecule has 0 radical (unpaired) electrons. The van der Waals surface area contributed by atoms with Crippen LogP contribution in [0.2, 0.25) is 0 Å². The number of sulfonamides is 1. The zero-order chi connectivity index (χ0) is 19.4. The number of amides is 1.